The number of nitrogens with zero attached hydrogens (tertiary/aromatic N) is 3. The Labute approximate surface area is 256 Å². The van der Waals surface area contributed by atoms with E-state index in [0.29, 0.717) is 54.1 Å². The van der Waals surface area contributed by atoms with E-state index in [2.05, 4.69) is 21.6 Å². The van der Waals surface area contributed by atoms with E-state index in [4.69, 9.17) is 5.26 Å². The van der Waals surface area contributed by atoms with Crippen molar-refractivity contribution in [2.24, 2.45) is 5.92 Å². The number of rotatable bonds is 9. The molecule has 10 nitrogen and oxygen atoms in total. The van der Waals surface area contributed by atoms with Gasteiger partial charge in [-0.05, 0) is 67.8 Å². The molecule has 44 heavy (non-hydrogen) atoms. The number of nitriles is 1. The van der Waals surface area contributed by atoms with Gasteiger partial charge in [0.2, 0.25) is 5.91 Å². The smallest absolute Gasteiger partial charge is 0.305 e. The molecule has 0 spiro atoms. The molecule has 0 aromatic heterocycles. The second-order valence-electron chi connectivity index (χ2n) is 11.4. The molecule has 1 unspecified atom stereocenters. The summed E-state index contributed by atoms with van der Waals surface area (Å²) >= 11 is 0. The van der Waals surface area contributed by atoms with E-state index >= 15 is 0 Å². The Hall–Kier alpha value is -5.17. The highest BCUT2D eigenvalue weighted by Gasteiger charge is 2.29. The van der Waals surface area contributed by atoms with Crippen molar-refractivity contribution < 1.29 is 24.3 Å². The number of carboxylic acid groups (broad SMARTS) is 1. The molecule has 1 aliphatic carbocycles. The van der Waals surface area contributed by atoms with Crippen LogP contribution in [-0.4, -0.2) is 59.9 Å². The topological polar surface area (TPSA) is 143 Å². The van der Waals surface area contributed by atoms with E-state index in [1.54, 1.807) is 47.4 Å². The highest BCUT2D eigenvalue weighted by atomic mass is 16.4. The summed E-state index contributed by atoms with van der Waals surface area (Å²) in [5.74, 6) is -1.74. The van der Waals surface area contributed by atoms with Crippen LogP contribution in [0.3, 0.4) is 0 Å². The number of nitrogens with one attached hydrogen (secondary N) is 2. The van der Waals surface area contributed by atoms with Gasteiger partial charge in [0.15, 0.2) is 0 Å². The first-order valence-corrected chi connectivity index (χ1v) is 14.8. The Balaban J connectivity index is 1.33. The minimum atomic E-state index is -1.03. The first kappa shape index (κ1) is 30.3. The quantitative estimate of drug-likeness (QED) is 0.331. The van der Waals surface area contributed by atoms with Gasteiger partial charge in [0.05, 0.1) is 35.5 Å². The van der Waals surface area contributed by atoms with E-state index in [0.717, 1.165) is 30.5 Å². The lowest BCUT2D eigenvalue weighted by Gasteiger charge is -2.37. The summed E-state index contributed by atoms with van der Waals surface area (Å²) in [6.45, 7) is 3.90. The second kappa shape index (κ2) is 13.4. The van der Waals surface area contributed by atoms with Crippen molar-refractivity contribution in [3.63, 3.8) is 0 Å². The molecule has 5 rings (SSSR count). The lowest BCUT2D eigenvalue weighted by molar-refractivity contribution is -0.137. The van der Waals surface area contributed by atoms with Crippen LogP contribution in [0.1, 0.15) is 69.1 Å². The fourth-order valence-electron chi connectivity index (χ4n) is 5.45. The van der Waals surface area contributed by atoms with Crippen molar-refractivity contribution in [2.45, 2.75) is 38.6 Å². The lowest BCUT2D eigenvalue weighted by atomic mass is 9.85. The molecule has 0 radical (unpaired) electrons. The monoisotopic (exact) mass is 593 g/mol. The van der Waals surface area contributed by atoms with Crippen LogP contribution < -0.4 is 15.5 Å². The summed E-state index contributed by atoms with van der Waals surface area (Å²) in [6, 6.07) is 20.4. The average molecular weight is 594 g/mol. The van der Waals surface area contributed by atoms with Crippen LogP contribution in [0.15, 0.2) is 66.7 Å². The molecule has 1 aliphatic heterocycles. The molecule has 10 heteroatoms. The largest absolute Gasteiger partial charge is 0.481 e. The minimum Gasteiger partial charge on any atom is -0.481 e. The molecule has 3 aromatic rings. The van der Waals surface area contributed by atoms with Gasteiger partial charge in [-0.15, -0.1) is 0 Å². The summed E-state index contributed by atoms with van der Waals surface area (Å²) in [7, 11) is 0. The fourth-order valence-corrected chi connectivity index (χ4v) is 5.45. The van der Waals surface area contributed by atoms with Crippen molar-refractivity contribution in [1.29, 1.82) is 5.26 Å². The number of hydrogen-bond donors (Lipinski definition) is 3. The van der Waals surface area contributed by atoms with E-state index in [1.165, 1.54) is 0 Å². The van der Waals surface area contributed by atoms with Crippen molar-refractivity contribution in [3.05, 3.63) is 94.5 Å². The highest BCUT2D eigenvalue weighted by Crippen LogP contribution is 2.33. The van der Waals surface area contributed by atoms with Gasteiger partial charge in [-0.1, -0.05) is 36.2 Å². The number of benzene rings is 3. The third-order valence-electron chi connectivity index (χ3n) is 8.32. The van der Waals surface area contributed by atoms with Crippen LogP contribution in [0.2, 0.25) is 0 Å². The maximum Gasteiger partial charge on any atom is 0.305 e. The molecule has 1 saturated heterocycles. The summed E-state index contributed by atoms with van der Waals surface area (Å²) in [6.07, 6.45) is 2.38. The van der Waals surface area contributed by atoms with Crippen molar-refractivity contribution in [3.8, 4) is 6.07 Å². The first-order chi connectivity index (χ1) is 21.2. The van der Waals surface area contributed by atoms with Crippen LogP contribution in [0.4, 0.5) is 11.4 Å². The van der Waals surface area contributed by atoms with Crippen LogP contribution in [0.25, 0.3) is 0 Å². The van der Waals surface area contributed by atoms with Crippen LogP contribution in [-0.2, 0) is 9.59 Å². The lowest BCUT2D eigenvalue weighted by Crippen LogP contribution is -2.49. The van der Waals surface area contributed by atoms with Gasteiger partial charge in [0.25, 0.3) is 11.8 Å². The molecule has 2 aliphatic rings. The Bertz CT molecular complexity index is 1580. The molecule has 1 saturated carbocycles. The molecular weight excluding hydrogens is 558 g/mol. The number of carbonyl (C=O) groups excluding carboxylic acids is 3. The van der Waals surface area contributed by atoms with Gasteiger partial charge in [-0.3, -0.25) is 19.2 Å². The van der Waals surface area contributed by atoms with Crippen molar-refractivity contribution in [1.82, 2.24) is 10.2 Å². The molecule has 1 atom stereocenters. The van der Waals surface area contributed by atoms with Crippen LogP contribution in [0.5, 0.6) is 0 Å². The van der Waals surface area contributed by atoms with E-state index in [9.17, 15) is 24.3 Å². The van der Waals surface area contributed by atoms with Crippen LogP contribution in [0, 0.1) is 24.2 Å². The number of anilines is 2. The number of aliphatic carboxylic acids is 1. The molecule has 3 aromatic carbocycles. The van der Waals surface area contributed by atoms with Gasteiger partial charge in [-0.25, -0.2) is 0 Å². The number of piperazine rings is 1. The van der Waals surface area contributed by atoms with Crippen molar-refractivity contribution >= 4 is 35.1 Å². The maximum atomic E-state index is 13.4. The van der Waals surface area contributed by atoms with E-state index in [1.807, 2.05) is 31.2 Å². The summed E-state index contributed by atoms with van der Waals surface area (Å²) in [5, 5.41) is 24.4. The van der Waals surface area contributed by atoms with E-state index < -0.39 is 17.9 Å². The van der Waals surface area contributed by atoms with E-state index in [-0.39, 0.29) is 24.2 Å². The zero-order valence-electron chi connectivity index (χ0n) is 24.6. The Morgan fingerprint density at radius 1 is 0.932 bits per heavy atom. The summed E-state index contributed by atoms with van der Waals surface area (Å²) in [5.41, 5.74) is 4.29. The molecule has 0 bridgehead atoms. The number of amides is 3. The SMILES string of the molecule is Cc1ccc(C(CC(=O)O)NC(=O)c2ccc(N3CCN(C(=O)c4ccc(C#N)cc4)CC3)c(NC(=O)C3CCC3)c2)cc1. The zero-order chi connectivity index (χ0) is 31.2. The van der Waals surface area contributed by atoms with Gasteiger partial charge < -0.3 is 25.5 Å². The Morgan fingerprint density at radius 3 is 2.18 bits per heavy atom. The Kier molecular flexibility index (Phi) is 9.24. The fraction of sp³-hybridized carbons (Fsp3) is 0.324. The molecular formula is C34H35N5O5. The van der Waals surface area contributed by atoms with Gasteiger partial charge in [0, 0.05) is 43.2 Å². The second-order valence-corrected chi connectivity index (χ2v) is 11.4. The maximum absolute atomic E-state index is 13.4. The molecule has 3 amide bonds. The number of aryl methyl sites for hydroxylation is 1. The number of carbonyl (C=O) groups is 4. The van der Waals surface area contributed by atoms with Gasteiger partial charge >= 0.3 is 5.97 Å². The standard InChI is InChI=1S/C34H35N5O5/c1-22-5-9-24(10-6-22)28(20-31(40)41)36-33(43)27-13-14-30(29(19-27)37-32(42)25-3-2-4-25)38-15-17-39(18-16-38)34(44)26-11-7-23(21-35)8-12-26/h5-14,19,25,28H,2-4,15-18,20H2,1H3,(H,36,43)(H,37,42)(H,40,41). The van der Waals surface area contributed by atoms with Gasteiger partial charge in [-0.2, -0.15) is 5.26 Å². The molecule has 3 N–H and O–H groups in total. The number of hydrogen-bond acceptors (Lipinski definition) is 6. The Morgan fingerprint density at radius 2 is 1.59 bits per heavy atom. The highest BCUT2D eigenvalue weighted by molar-refractivity contribution is 6.01. The predicted octanol–water partition coefficient (Wildman–Crippen LogP) is 4.51. The summed E-state index contributed by atoms with van der Waals surface area (Å²) in [4.78, 5) is 54.9. The third kappa shape index (κ3) is 7.06. The minimum absolute atomic E-state index is 0.0660. The first-order valence-electron chi connectivity index (χ1n) is 14.8. The average Bonchev–Trinajstić information content (AvgIpc) is 3.00. The van der Waals surface area contributed by atoms with Gasteiger partial charge in [0.1, 0.15) is 0 Å². The predicted molar refractivity (Wildman–Crippen MR) is 165 cm³/mol. The normalized spacial score (nSPS) is 15.5. The van der Waals surface area contributed by atoms with Crippen molar-refractivity contribution in [2.75, 3.05) is 36.4 Å². The number of carboxylic acids is 1. The molecule has 1 heterocycles. The molecule has 226 valence electrons. The molecule has 2 fully saturated rings. The van der Waals surface area contributed by atoms with Crippen LogP contribution >= 0.6 is 0 Å². The zero-order valence-corrected chi connectivity index (χ0v) is 24.6. The summed E-state index contributed by atoms with van der Waals surface area (Å²) < 4.78 is 0. The third-order valence-corrected chi connectivity index (χ3v) is 8.32.